The maximum atomic E-state index is 7.88. The van der Waals surface area contributed by atoms with E-state index in [9.17, 15) is 0 Å². The van der Waals surface area contributed by atoms with E-state index in [2.05, 4.69) is 0 Å². The molecule has 0 heterocycles. The zero-order chi connectivity index (χ0) is 9.86. The first-order chi connectivity index (χ1) is 4.88. The Balaban J connectivity index is -0.0000000886. The smallest absolute Gasteiger partial charge is 0.154 e. The van der Waals surface area contributed by atoms with Gasteiger partial charge in [-0.3, -0.25) is 0 Å². The fourth-order valence-corrected chi connectivity index (χ4v) is 0. The van der Waals surface area contributed by atoms with Gasteiger partial charge in [0.25, 0.3) is 0 Å². The van der Waals surface area contributed by atoms with Crippen molar-refractivity contribution in [1.29, 1.82) is 0 Å². The Morgan fingerprint density at radius 1 is 0.909 bits per heavy atom. The number of hydrogen-bond donors (Lipinski definition) is 0. The van der Waals surface area contributed by atoms with Gasteiger partial charge in [-0.15, -0.1) is 0 Å². The van der Waals surface area contributed by atoms with Gasteiger partial charge in [0.2, 0.25) is 0 Å². The molecule has 0 spiro atoms. The Morgan fingerprint density at radius 2 is 0.909 bits per heavy atom. The largest absolute Gasteiger partial charge is 0.312 e. The van der Waals surface area contributed by atoms with Crippen LogP contribution >= 0.6 is 0 Å². The molecule has 0 fully saturated rings. The van der Waals surface area contributed by atoms with Crippen molar-refractivity contribution in [2.75, 3.05) is 42.3 Å². The summed E-state index contributed by atoms with van der Waals surface area (Å²) in [5, 5.41) is 7.88. The molecule has 0 aliphatic carbocycles. The molecule has 0 saturated carbocycles. The highest BCUT2D eigenvalue weighted by atomic mass is 17.2. The van der Waals surface area contributed by atoms with E-state index in [0.717, 1.165) is 0 Å². The molecule has 5 nitrogen and oxygen atoms in total. The summed E-state index contributed by atoms with van der Waals surface area (Å²) in [5.41, 5.74) is 0. The molecule has 0 atom stereocenters. The van der Waals surface area contributed by atoms with E-state index in [1.54, 1.807) is 4.75 Å². The maximum Gasteiger partial charge on any atom is 0.154 e. The minimum Gasteiger partial charge on any atom is -0.312 e. The van der Waals surface area contributed by atoms with Crippen LogP contribution in [-0.2, 0) is 0 Å². The molecule has 0 rings (SSSR count). The Morgan fingerprint density at radius 3 is 0.909 bits per heavy atom. The molecule has 0 radical (unpaired) electrons. The molecule has 11 heavy (non-hydrogen) atoms. The molecule has 0 bridgehead atoms. The van der Waals surface area contributed by atoms with Gasteiger partial charge in [0.1, 0.15) is 0 Å². The van der Waals surface area contributed by atoms with Gasteiger partial charge in [-0.1, -0.05) is 10.2 Å². The molecule has 0 aromatic carbocycles. The standard InChI is InChI=1S/2C3H9N.O3/c2*1-4(2)3;1-3-2/h2*1-3H3;. The normalized spacial score (nSPS) is 7.64. The summed E-state index contributed by atoms with van der Waals surface area (Å²) in [6.07, 6.45) is 0. The summed E-state index contributed by atoms with van der Waals surface area (Å²) in [6.45, 7) is 0. The minimum absolute atomic E-state index is 1.75. The highest BCUT2D eigenvalue weighted by Gasteiger charge is 1.58. The van der Waals surface area contributed by atoms with Crippen molar-refractivity contribution < 1.29 is 5.26 Å². The van der Waals surface area contributed by atoms with E-state index in [0.29, 0.717) is 0 Å². The first kappa shape index (κ1) is 16.7. The van der Waals surface area contributed by atoms with Crippen LogP contribution in [0.25, 0.3) is 0 Å². The Kier molecular flexibility index (Phi) is 24.6. The lowest BCUT2D eigenvalue weighted by Gasteiger charge is -1.90. The third-order valence-electron chi connectivity index (χ3n) is 0. The second-order valence-electron chi connectivity index (χ2n) is 2.75. The van der Waals surface area contributed by atoms with Gasteiger partial charge in [0.15, 0.2) is 4.75 Å². The van der Waals surface area contributed by atoms with Gasteiger partial charge in [-0.25, -0.2) is 0 Å². The summed E-state index contributed by atoms with van der Waals surface area (Å²) >= 11 is 0. The van der Waals surface area contributed by atoms with Gasteiger partial charge in [0.05, 0.1) is 0 Å². The van der Waals surface area contributed by atoms with Crippen LogP contribution in [0.4, 0.5) is 0 Å². The predicted octanol–water partition coefficient (Wildman–Crippen LogP) is -0.766. The van der Waals surface area contributed by atoms with E-state index < -0.39 is 0 Å². The second-order valence-corrected chi connectivity index (χ2v) is 2.75. The summed E-state index contributed by atoms with van der Waals surface area (Å²) in [6, 6.07) is 0. The van der Waals surface area contributed by atoms with Crippen LogP contribution in [0.2, 0.25) is 0 Å². The van der Waals surface area contributed by atoms with Crippen molar-refractivity contribution in [3.05, 3.63) is 9.71 Å². The first-order valence-corrected chi connectivity index (χ1v) is 3.02. The fraction of sp³-hybridized carbons (Fsp3) is 1.00. The van der Waals surface area contributed by atoms with Gasteiger partial charge >= 0.3 is 0 Å². The molecular formula is C6H18N2O3. The van der Waals surface area contributed by atoms with Crippen LogP contribution in [0, 0.1) is 9.71 Å². The van der Waals surface area contributed by atoms with E-state index >= 15 is 0 Å². The van der Waals surface area contributed by atoms with Gasteiger partial charge < -0.3 is 9.80 Å². The lowest BCUT2D eigenvalue weighted by molar-refractivity contribution is -0.284. The number of hydrogen-bond acceptors (Lipinski definition) is 4. The average molecular weight is 166 g/mol. The SMILES string of the molecule is CN(C)C.CN(C)C.O=[O+][O-]. The zero-order valence-corrected chi connectivity index (χ0v) is 8.12. The highest BCUT2D eigenvalue weighted by molar-refractivity contribution is 4.20. The Hall–Kier alpha value is -0.680. The quantitative estimate of drug-likeness (QED) is 0.269. The Bertz CT molecular complexity index is 55.3. The van der Waals surface area contributed by atoms with Crippen molar-refractivity contribution in [2.45, 2.75) is 0 Å². The summed E-state index contributed by atoms with van der Waals surface area (Å²) in [5.74, 6) is 0. The summed E-state index contributed by atoms with van der Waals surface area (Å²) in [4.78, 5) is 11.9. The van der Waals surface area contributed by atoms with Crippen LogP contribution in [0.3, 0.4) is 0 Å². The van der Waals surface area contributed by atoms with E-state index in [1.165, 1.54) is 0 Å². The molecular weight excluding hydrogens is 148 g/mol. The van der Waals surface area contributed by atoms with E-state index in [1.807, 2.05) is 52.1 Å². The van der Waals surface area contributed by atoms with Crippen LogP contribution in [-0.4, -0.2) is 52.1 Å². The fourth-order valence-electron chi connectivity index (χ4n) is 0. The molecule has 70 valence electrons. The van der Waals surface area contributed by atoms with Gasteiger partial charge in [-0.05, 0) is 42.3 Å². The number of rotatable bonds is 0. The third kappa shape index (κ3) is 1080. The number of nitrogens with zero attached hydrogens (tertiary/aromatic N) is 2. The average Bonchev–Trinajstić information content (AvgIpc) is 1.60. The highest BCUT2D eigenvalue weighted by Crippen LogP contribution is 1.48. The zero-order valence-electron chi connectivity index (χ0n) is 8.12. The summed E-state index contributed by atoms with van der Waals surface area (Å²) < 4.78 is 1.75. The van der Waals surface area contributed by atoms with Crippen molar-refractivity contribution in [1.82, 2.24) is 9.80 Å². The lowest BCUT2D eigenvalue weighted by atomic mass is 11.0. The molecule has 0 unspecified atom stereocenters. The van der Waals surface area contributed by atoms with Crippen molar-refractivity contribution >= 4 is 0 Å². The van der Waals surface area contributed by atoms with Crippen LogP contribution in [0.5, 0.6) is 0 Å². The monoisotopic (exact) mass is 166 g/mol. The van der Waals surface area contributed by atoms with Crippen LogP contribution < -0.4 is 5.26 Å². The second kappa shape index (κ2) is 16.2. The maximum absolute atomic E-state index is 7.88. The molecule has 0 N–H and O–H groups in total. The third-order valence-corrected chi connectivity index (χ3v) is 0. The van der Waals surface area contributed by atoms with Crippen LogP contribution in [0.1, 0.15) is 0 Å². The molecule has 0 amide bonds. The molecule has 0 aromatic rings. The Labute approximate surface area is 68.1 Å². The molecule has 0 aliphatic heterocycles. The van der Waals surface area contributed by atoms with E-state index in [4.69, 9.17) is 10.2 Å². The van der Waals surface area contributed by atoms with Gasteiger partial charge in [0, 0.05) is 0 Å². The minimum atomic E-state index is 1.75. The topological polar surface area (TPSA) is 57.9 Å². The van der Waals surface area contributed by atoms with E-state index in [-0.39, 0.29) is 0 Å². The molecule has 0 saturated heterocycles. The first-order valence-electron chi connectivity index (χ1n) is 3.02. The van der Waals surface area contributed by atoms with Crippen molar-refractivity contribution in [3.63, 3.8) is 0 Å². The lowest BCUT2D eigenvalue weighted by Crippen LogP contribution is -1.99. The van der Waals surface area contributed by atoms with Crippen LogP contribution in [0.15, 0.2) is 0 Å². The molecule has 5 heteroatoms. The summed E-state index contributed by atoms with van der Waals surface area (Å²) in [7, 11) is 12.0. The van der Waals surface area contributed by atoms with Gasteiger partial charge in [-0.2, -0.15) is 0 Å². The predicted molar refractivity (Wildman–Crippen MR) is 46.0 cm³/mol. The molecule has 0 aromatic heterocycles. The van der Waals surface area contributed by atoms with Crippen molar-refractivity contribution in [2.24, 2.45) is 0 Å². The molecule has 0 aliphatic rings. The van der Waals surface area contributed by atoms with Crippen molar-refractivity contribution in [3.8, 4) is 0 Å².